The summed E-state index contributed by atoms with van der Waals surface area (Å²) in [4.78, 5) is 13.2. The summed E-state index contributed by atoms with van der Waals surface area (Å²) in [6, 6.07) is 0. The Kier molecular flexibility index (Phi) is 3.78. The van der Waals surface area contributed by atoms with Crippen molar-refractivity contribution in [3.05, 3.63) is 35.2 Å². The van der Waals surface area contributed by atoms with Crippen LogP contribution in [0.4, 0.5) is 11.6 Å². The molecule has 3 aromatic heterocycles. The van der Waals surface area contributed by atoms with Gasteiger partial charge in [0.25, 0.3) is 0 Å². The molecule has 0 aliphatic rings. The van der Waals surface area contributed by atoms with Crippen LogP contribution in [-0.2, 0) is 6.42 Å². The molecule has 0 fully saturated rings. The summed E-state index contributed by atoms with van der Waals surface area (Å²) in [5, 5.41) is 9.68. The normalized spacial score (nSPS) is 10.8. The van der Waals surface area contributed by atoms with Crippen LogP contribution in [0.5, 0.6) is 0 Å². The van der Waals surface area contributed by atoms with Crippen LogP contribution in [0.2, 0.25) is 0 Å². The van der Waals surface area contributed by atoms with Gasteiger partial charge < -0.3 is 15.0 Å². The van der Waals surface area contributed by atoms with Crippen molar-refractivity contribution >= 4 is 28.6 Å². The monoisotopic (exact) mass is 288 g/mol. The Morgan fingerprint density at radius 2 is 2.20 bits per heavy atom. The lowest BCUT2D eigenvalue weighted by molar-refractivity contribution is 0.980. The summed E-state index contributed by atoms with van der Waals surface area (Å²) in [7, 11) is 0. The second kappa shape index (κ2) is 5.87. The first-order chi connectivity index (χ1) is 9.86. The number of hydrogen-bond acceptors (Lipinski definition) is 6. The summed E-state index contributed by atoms with van der Waals surface area (Å²) >= 11 is 1.67. The topological polar surface area (TPSA) is 67.1 Å². The lowest BCUT2D eigenvalue weighted by atomic mass is 10.4. The van der Waals surface area contributed by atoms with E-state index in [1.807, 2.05) is 28.4 Å². The van der Waals surface area contributed by atoms with Gasteiger partial charge in [0.2, 0.25) is 0 Å². The molecule has 0 aliphatic heterocycles. The van der Waals surface area contributed by atoms with Crippen molar-refractivity contribution in [2.24, 2.45) is 0 Å². The average Bonchev–Trinajstić information content (AvgIpc) is 3.09. The molecule has 2 N–H and O–H groups in total. The molecule has 0 aromatic carbocycles. The minimum Gasteiger partial charge on any atom is -0.369 e. The number of nitrogens with zero attached hydrogens (tertiary/aromatic N) is 4. The van der Waals surface area contributed by atoms with Gasteiger partial charge >= 0.3 is 0 Å². The van der Waals surface area contributed by atoms with E-state index in [4.69, 9.17) is 0 Å². The van der Waals surface area contributed by atoms with Gasteiger partial charge in [-0.15, -0.1) is 11.3 Å². The molecule has 6 nitrogen and oxygen atoms in total. The van der Waals surface area contributed by atoms with Crippen LogP contribution in [-0.4, -0.2) is 32.4 Å². The summed E-state index contributed by atoms with van der Waals surface area (Å²) in [5.74, 6) is 1.64. The van der Waals surface area contributed by atoms with Crippen molar-refractivity contribution in [1.29, 1.82) is 0 Å². The SMILES string of the molecule is CCNc1cn2ccnc2c(NCCc2nccs2)n1. The quantitative estimate of drug-likeness (QED) is 0.728. The molecular formula is C13H16N6S. The second-order valence-corrected chi connectivity index (χ2v) is 5.24. The first-order valence-electron chi connectivity index (χ1n) is 6.56. The fraction of sp³-hybridized carbons (Fsp3) is 0.308. The smallest absolute Gasteiger partial charge is 0.180 e. The number of imidazole rings is 1. The molecule has 3 rings (SSSR count). The van der Waals surface area contributed by atoms with E-state index in [1.54, 1.807) is 17.5 Å². The number of rotatable bonds is 6. The lowest BCUT2D eigenvalue weighted by Gasteiger charge is -2.09. The number of hydrogen-bond donors (Lipinski definition) is 2. The van der Waals surface area contributed by atoms with E-state index in [0.29, 0.717) is 0 Å². The van der Waals surface area contributed by atoms with E-state index in [0.717, 1.165) is 41.8 Å². The Morgan fingerprint density at radius 3 is 3.00 bits per heavy atom. The Bertz CT molecular complexity index is 675. The van der Waals surface area contributed by atoms with Gasteiger partial charge in [0, 0.05) is 43.5 Å². The summed E-state index contributed by atoms with van der Waals surface area (Å²) in [5.41, 5.74) is 0.839. The molecular weight excluding hydrogens is 272 g/mol. The van der Waals surface area contributed by atoms with Crippen molar-refractivity contribution in [1.82, 2.24) is 19.4 Å². The number of thiazole rings is 1. The highest BCUT2D eigenvalue weighted by atomic mass is 32.1. The summed E-state index contributed by atoms with van der Waals surface area (Å²) in [6.45, 7) is 3.68. The first kappa shape index (κ1) is 12.9. The fourth-order valence-electron chi connectivity index (χ4n) is 1.98. The zero-order chi connectivity index (χ0) is 13.8. The number of anilines is 2. The van der Waals surface area contributed by atoms with Crippen LogP contribution in [0.3, 0.4) is 0 Å². The standard InChI is InChI=1S/C13H16N6S/c1-2-14-10-9-19-7-5-17-13(19)12(18-10)16-4-3-11-15-6-8-20-11/h5-9,14H,2-4H2,1H3,(H,16,18). The minimum absolute atomic E-state index is 0.790. The van der Waals surface area contributed by atoms with E-state index in [9.17, 15) is 0 Å². The number of nitrogens with one attached hydrogen (secondary N) is 2. The number of aromatic nitrogens is 4. The predicted molar refractivity (Wildman–Crippen MR) is 81.5 cm³/mol. The van der Waals surface area contributed by atoms with Gasteiger partial charge in [0.1, 0.15) is 5.82 Å². The molecule has 20 heavy (non-hydrogen) atoms. The molecule has 104 valence electrons. The van der Waals surface area contributed by atoms with E-state index >= 15 is 0 Å². The summed E-state index contributed by atoms with van der Waals surface area (Å²) in [6.07, 6.45) is 8.36. The molecule has 3 aromatic rings. The summed E-state index contributed by atoms with van der Waals surface area (Å²) < 4.78 is 1.97. The molecule has 0 aliphatic carbocycles. The largest absolute Gasteiger partial charge is 0.369 e. The van der Waals surface area contributed by atoms with Gasteiger partial charge in [-0.1, -0.05) is 0 Å². The van der Waals surface area contributed by atoms with Gasteiger partial charge in [0.15, 0.2) is 11.5 Å². The molecule has 0 saturated heterocycles. The van der Waals surface area contributed by atoms with Crippen molar-refractivity contribution in [3.8, 4) is 0 Å². The Morgan fingerprint density at radius 1 is 1.25 bits per heavy atom. The zero-order valence-corrected chi connectivity index (χ0v) is 12.0. The third-order valence-electron chi connectivity index (χ3n) is 2.85. The van der Waals surface area contributed by atoms with E-state index in [1.165, 1.54) is 0 Å². The third kappa shape index (κ3) is 2.72. The molecule has 0 saturated carbocycles. The highest BCUT2D eigenvalue weighted by Crippen LogP contribution is 2.16. The van der Waals surface area contributed by atoms with Gasteiger partial charge in [0.05, 0.1) is 11.2 Å². The van der Waals surface area contributed by atoms with Crippen molar-refractivity contribution in [2.75, 3.05) is 23.7 Å². The fourth-order valence-corrected chi connectivity index (χ4v) is 2.60. The maximum Gasteiger partial charge on any atom is 0.180 e. The Hall–Kier alpha value is -2.15. The van der Waals surface area contributed by atoms with Crippen molar-refractivity contribution in [3.63, 3.8) is 0 Å². The molecule has 0 amide bonds. The highest BCUT2D eigenvalue weighted by Gasteiger charge is 2.07. The maximum absolute atomic E-state index is 4.56. The minimum atomic E-state index is 0.790. The predicted octanol–water partition coefficient (Wildman–Crippen LogP) is 2.27. The van der Waals surface area contributed by atoms with E-state index in [-0.39, 0.29) is 0 Å². The van der Waals surface area contributed by atoms with Crippen LogP contribution in [0.25, 0.3) is 5.65 Å². The van der Waals surface area contributed by atoms with Gasteiger partial charge in [-0.05, 0) is 6.92 Å². The third-order valence-corrected chi connectivity index (χ3v) is 3.69. The Balaban J connectivity index is 1.76. The zero-order valence-electron chi connectivity index (χ0n) is 11.2. The molecule has 7 heteroatoms. The van der Waals surface area contributed by atoms with Gasteiger partial charge in [-0.2, -0.15) is 0 Å². The van der Waals surface area contributed by atoms with Crippen LogP contribution in [0.15, 0.2) is 30.2 Å². The molecule has 0 spiro atoms. The molecule has 0 unspecified atom stereocenters. The molecule has 0 bridgehead atoms. The van der Waals surface area contributed by atoms with Crippen LogP contribution < -0.4 is 10.6 Å². The van der Waals surface area contributed by atoms with Crippen molar-refractivity contribution in [2.45, 2.75) is 13.3 Å². The van der Waals surface area contributed by atoms with Crippen LogP contribution >= 0.6 is 11.3 Å². The second-order valence-electron chi connectivity index (χ2n) is 4.27. The van der Waals surface area contributed by atoms with Gasteiger partial charge in [-0.25, -0.2) is 15.0 Å². The van der Waals surface area contributed by atoms with Crippen LogP contribution in [0.1, 0.15) is 11.9 Å². The average molecular weight is 288 g/mol. The lowest BCUT2D eigenvalue weighted by Crippen LogP contribution is -2.10. The molecule has 0 radical (unpaired) electrons. The van der Waals surface area contributed by atoms with Gasteiger partial charge in [-0.3, -0.25) is 0 Å². The highest BCUT2D eigenvalue weighted by molar-refractivity contribution is 7.09. The number of fused-ring (bicyclic) bond motifs is 1. The molecule has 3 heterocycles. The van der Waals surface area contributed by atoms with Crippen molar-refractivity contribution < 1.29 is 0 Å². The molecule has 0 atom stereocenters. The van der Waals surface area contributed by atoms with Crippen LogP contribution in [0, 0.1) is 0 Å². The maximum atomic E-state index is 4.56. The van der Waals surface area contributed by atoms with E-state index < -0.39 is 0 Å². The van der Waals surface area contributed by atoms with E-state index in [2.05, 4.69) is 32.5 Å². The first-order valence-corrected chi connectivity index (χ1v) is 7.44. The Labute approximate surface area is 120 Å².